The second-order valence-electron chi connectivity index (χ2n) is 5.83. The van der Waals surface area contributed by atoms with Crippen molar-refractivity contribution < 1.29 is 9.53 Å². The number of aromatic nitrogens is 2. The van der Waals surface area contributed by atoms with Crippen LogP contribution < -0.4 is 4.74 Å². The number of rotatable bonds is 5. The molecule has 0 aliphatic heterocycles. The molecule has 118 valence electrons. The third-order valence-electron chi connectivity index (χ3n) is 3.85. The van der Waals surface area contributed by atoms with Crippen LogP contribution in [0.5, 0.6) is 5.75 Å². The summed E-state index contributed by atoms with van der Waals surface area (Å²) in [4.78, 5) is 12.3. The largest absolute Gasteiger partial charge is 0.484 e. The molecule has 0 N–H and O–H groups in total. The maximum Gasteiger partial charge on any atom is 0.284 e. The molecule has 0 saturated carbocycles. The normalized spacial score (nSPS) is 11.0. The highest BCUT2D eigenvalue weighted by Crippen LogP contribution is 2.22. The van der Waals surface area contributed by atoms with Crippen LogP contribution in [0.25, 0.3) is 0 Å². The zero-order chi connectivity index (χ0) is 16.3. The van der Waals surface area contributed by atoms with Gasteiger partial charge in [-0.15, -0.1) is 0 Å². The van der Waals surface area contributed by atoms with Crippen LogP contribution in [-0.2, 0) is 6.42 Å². The Morgan fingerprint density at radius 3 is 2.36 bits per heavy atom. The van der Waals surface area contributed by atoms with Gasteiger partial charge in [-0.05, 0) is 49.4 Å². The maximum absolute atomic E-state index is 12.3. The van der Waals surface area contributed by atoms with E-state index in [1.165, 1.54) is 10.2 Å². The molecular formula is C18H24N2O2. The van der Waals surface area contributed by atoms with Crippen LogP contribution in [0.3, 0.4) is 0 Å². The van der Waals surface area contributed by atoms with Crippen molar-refractivity contribution in [2.75, 3.05) is 6.61 Å². The van der Waals surface area contributed by atoms with Gasteiger partial charge in [0.1, 0.15) is 5.75 Å². The van der Waals surface area contributed by atoms with E-state index in [-0.39, 0.29) is 12.5 Å². The Balaban J connectivity index is 2.07. The molecular weight excluding hydrogens is 276 g/mol. The molecule has 4 nitrogen and oxygen atoms in total. The Bertz CT molecular complexity index is 654. The number of carbonyl (C=O) groups excluding carboxylic acids is 1. The first-order valence-electron chi connectivity index (χ1n) is 7.75. The topological polar surface area (TPSA) is 44.1 Å². The van der Waals surface area contributed by atoms with Gasteiger partial charge in [0.25, 0.3) is 5.91 Å². The van der Waals surface area contributed by atoms with Gasteiger partial charge in [0.15, 0.2) is 6.61 Å². The molecule has 2 rings (SSSR count). The lowest BCUT2D eigenvalue weighted by molar-refractivity contribution is 0.0818. The summed E-state index contributed by atoms with van der Waals surface area (Å²) in [6.07, 6.45) is 0.989. The summed E-state index contributed by atoms with van der Waals surface area (Å²) < 4.78 is 7.04. The van der Waals surface area contributed by atoms with Gasteiger partial charge in [-0.25, -0.2) is 4.68 Å². The van der Waals surface area contributed by atoms with Crippen LogP contribution in [0.1, 0.15) is 54.0 Å². The summed E-state index contributed by atoms with van der Waals surface area (Å²) in [7, 11) is 0. The van der Waals surface area contributed by atoms with Crippen molar-refractivity contribution in [1.29, 1.82) is 0 Å². The molecule has 0 amide bonds. The molecule has 0 radical (unpaired) electrons. The maximum atomic E-state index is 12.3. The van der Waals surface area contributed by atoms with Crippen molar-refractivity contribution in [1.82, 2.24) is 9.78 Å². The summed E-state index contributed by atoms with van der Waals surface area (Å²) >= 11 is 0. The van der Waals surface area contributed by atoms with E-state index < -0.39 is 0 Å². The van der Waals surface area contributed by atoms with Crippen LogP contribution >= 0.6 is 0 Å². The highest BCUT2D eigenvalue weighted by Gasteiger charge is 2.18. The number of aryl methyl sites for hydroxylation is 2. The first-order valence-corrected chi connectivity index (χ1v) is 7.75. The minimum atomic E-state index is -0.146. The fraction of sp³-hybridized carbons (Fsp3) is 0.444. The van der Waals surface area contributed by atoms with Crippen molar-refractivity contribution >= 4 is 5.91 Å². The van der Waals surface area contributed by atoms with Crippen LogP contribution in [0.4, 0.5) is 0 Å². The smallest absolute Gasteiger partial charge is 0.284 e. The fourth-order valence-corrected chi connectivity index (χ4v) is 2.76. The van der Waals surface area contributed by atoms with E-state index in [2.05, 4.69) is 25.9 Å². The van der Waals surface area contributed by atoms with Gasteiger partial charge in [0.2, 0.25) is 0 Å². The predicted molar refractivity (Wildman–Crippen MR) is 87.7 cm³/mol. The third-order valence-corrected chi connectivity index (χ3v) is 3.85. The number of ether oxygens (including phenoxy) is 1. The zero-order valence-corrected chi connectivity index (χ0v) is 14.0. The summed E-state index contributed by atoms with van der Waals surface area (Å²) in [5, 5.41) is 4.36. The molecule has 2 aromatic rings. The SMILES string of the molecule is CCc1ccc(OCC(=O)n2nc(C)c(C(C)C)c2C)cc1. The van der Waals surface area contributed by atoms with Crippen molar-refractivity contribution in [2.45, 2.75) is 47.0 Å². The average Bonchev–Trinajstić information content (AvgIpc) is 2.80. The molecule has 1 heterocycles. The minimum absolute atomic E-state index is 0.00896. The molecule has 0 unspecified atom stereocenters. The minimum Gasteiger partial charge on any atom is -0.484 e. The van der Waals surface area contributed by atoms with Gasteiger partial charge in [-0.3, -0.25) is 4.79 Å². The Hall–Kier alpha value is -2.10. The Morgan fingerprint density at radius 1 is 1.23 bits per heavy atom. The van der Waals surface area contributed by atoms with Crippen LogP contribution in [0.15, 0.2) is 24.3 Å². The van der Waals surface area contributed by atoms with Gasteiger partial charge >= 0.3 is 0 Å². The van der Waals surface area contributed by atoms with Gasteiger partial charge in [-0.2, -0.15) is 5.10 Å². The molecule has 1 aromatic carbocycles. The average molecular weight is 300 g/mol. The molecule has 0 spiro atoms. The van der Waals surface area contributed by atoms with Crippen molar-refractivity contribution in [3.63, 3.8) is 0 Å². The predicted octanol–water partition coefficient (Wildman–Crippen LogP) is 3.90. The molecule has 0 saturated heterocycles. The number of hydrogen-bond donors (Lipinski definition) is 0. The van der Waals surface area contributed by atoms with Crippen LogP contribution in [-0.4, -0.2) is 22.3 Å². The standard InChI is InChI=1S/C18H24N2O2/c1-6-15-7-9-16(10-8-15)22-11-17(21)20-14(5)18(12(2)3)13(4)19-20/h7-10,12H,6,11H2,1-5H3. The van der Waals surface area contributed by atoms with Crippen molar-refractivity contribution in [2.24, 2.45) is 0 Å². The molecule has 22 heavy (non-hydrogen) atoms. The highest BCUT2D eigenvalue weighted by molar-refractivity contribution is 5.80. The molecule has 1 aromatic heterocycles. The highest BCUT2D eigenvalue weighted by atomic mass is 16.5. The summed E-state index contributed by atoms with van der Waals surface area (Å²) in [5.41, 5.74) is 4.20. The van der Waals surface area contributed by atoms with Crippen LogP contribution in [0, 0.1) is 13.8 Å². The molecule has 4 heteroatoms. The molecule has 0 atom stereocenters. The molecule has 0 aliphatic carbocycles. The molecule has 0 fully saturated rings. The lowest BCUT2D eigenvalue weighted by atomic mass is 10.0. The Labute approximate surface area is 132 Å². The Morgan fingerprint density at radius 2 is 1.86 bits per heavy atom. The number of benzene rings is 1. The van der Waals surface area contributed by atoms with Gasteiger partial charge in [-0.1, -0.05) is 32.9 Å². The van der Waals surface area contributed by atoms with E-state index in [0.717, 1.165) is 23.4 Å². The number of hydrogen-bond acceptors (Lipinski definition) is 3. The monoisotopic (exact) mass is 300 g/mol. The van der Waals surface area contributed by atoms with Crippen molar-refractivity contribution in [3.05, 3.63) is 46.8 Å². The lowest BCUT2D eigenvalue weighted by Crippen LogP contribution is -2.21. The lowest BCUT2D eigenvalue weighted by Gasteiger charge is -2.08. The van der Waals surface area contributed by atoms with Crippen molar-refractivity contribution in [3.8, 4) is 5.75 Å². The number of nitrogens with zero attached hydrogens (tertiary/aromatic N) is 2. The second-order valence-corrected chi connectivity index (χ2v) is 5.83. The quantitative estimate of drug-likeness (QED) is 0.841. The Kier molecular flexibility index (Phi) is 5.01. The van der Waals surface area contributed by atoms with E-state index in [9.17, 15) is 4.79 Å². The summed E-state index contributed by atoms with van der Waals surface area (Å²) in [5.74, 6) is 0.910. The van der Waals surface area contributed by atoms with E-state index in [1.54, 1.807) is 0 Å². The van der Waals surface area contributed by atoms with Gasteiger partial charge in [0, 0.05) is 5.69 Å². The van der Waals surface area contributed by atoms with Gasteiger partial charge in [0.05, 0.1) is 5.69 Å². The molecule has 0 aliphatic rings. The van der Waals surface area contributed by atoms with E-state index >= 15 is 0 Å². The van der Waals surface area contributed by atoms with E-state index in [4.69, 9.17) is 4.74 Å². The van der Waals surface area contributed by atoms with E-state index in [0.29, 0.717) is 11.7 Å². The zero-order valence-electron chi connectivity index (χ0n) is 14.0. The first-order chi connectivity index (χ1) is 10.4. The number of carbonyl (C=O) groups is 1. The summed E-state index contributed by atoms with van der Waals surface area (Å²) in [6, 6.07) is 7.82. The third kappa shape index (κ3) is 3.38. The fourth-order valence-electron chi connectivity index (χ4n) is 2.76. The van der Waals surface area contributed by atoms with Gasteiger partial charge < -0.3 is 4.74 Å². The van der Waals surface area contributed by atoms with Crippen LogP contribution in [0.2, 0.25) is 0 Å². The first kappa shape index (κ1) is 16.3. The van der Waals surface area contributed by atoms with E-state index in [1.807, 2.05) is 38.1 Å². The summed E-state index contributed by atoms with van der Waals surface area (Å²) in [6.45, 7) is 10.2. The molecule has 0 bridgehead atoms. The second kappa shape index (κ2) is 6.77.